The monoisotopic (exact) mass is 310 g/mol. The number of carbonyl (C=O) groups is 1. The Morgan fingerprint density at radius 2 is 2.19 bits per heavy atom. The van der Waals surface area contributed by atoms with Crippen LogP contribution in [0.4, 0.5) is 0 Å². The van der Waals surface area contributed by atoms with Gasteiger partial charge in [0, 0.05) is 30.4 Å². The zero-order valence-corrected chi connectivity index (χ0v) is 14.2. The average Bonchev–Trinajstić information content (AvgIpc) is 2.51. The standard InChI is InChI=1S/C16H26N2O2S/c1-5-12(2)18-16(19)8-9-17-11-13-6-7-15(21-4)14(10-13)20-3/h6-7,10,12,17H,5,8-9,11H2,1-4H3,(H,18,19). The summed E-state index contributed by atoms with van der Waals surface area (Å²) in [4.78, 5) is 12.8. The Labute approximate surface area is 132 Å². The van der Waals surface area contributed by atoms with Crippen molar-refractivity contribution in [3.05, 3.63) is 23.8 Å². The molecule has 1 atom stereocenters. The van der Waals surface area contributed by atoms with Gasteiger partial charge in [-0.2, -0.15) is 0 Å². The molecule has 118 valence electrons. The second-order valence-electron chi connectivity index (χ2n) is 4.99. The van der Waals surface area contributed by atoms with E-state index in [1.54, 1.807) is 18.9 Å². The number of carbonyl (C=O) groups excluding carboxylic acids is 1. The highest BCUT2D eigenvalue weighted by atomic mass is 32.2. The SMILES string of the molecule is CCC(C)NC(=O)CCNCc1ccc(SC)c(OC)c1. The lowest BCUT2D eigenvalue weighted by Crippen LogP contribution is -2.33. The molecule has 0 aliphatic heterocycles. The molecule has 1 amide bonds. The Kier molecular flexibility index (Phi) is 8.23. The van der Waals surface area contributed by atoms with Crippen molar-refractivity contribution in [1.29, 1.82) is 0 Å². The molecule has 21 heavy (non-hydrogen) atoms. The van der Waals surface area contributed by atoms with Crippen molar-refractivity contribution in [2.75, 3.05) is 19.9 Å². The van der Waals surface area contributed by atoms with Crippen LogP contribution in [0.25, 0.3) is 0 Å². The predicted octanol–water partition coefficient (Wildman–Crippen LogP) is 2.81. The molecule has 1 unspecified atom stereocenters. The first-order chi connectivity index (χ1) is 10.1. The summed E-state index contributed by atoms with van der Waals surface area (Å²) in [7, 11) is 1.69. The van der Waals surface area contributed by atoms with Crippen LogP contribution >= 0.6 is 11.8 Å². The summed E-state index contributed by atoms with van der Waals surface area (Å²) in [5.74, 6) is 1.00. The first kappa shape index (κ1) is 17.9. The van der Waals surface area contributed by atoms with Gasteiger partial charge in [-0.25, -0.2) is 0 Å². The Morgan fingerprint density at radius 3 is 2.81 bits per heavy atom. The highest BCUT2D eigenvalue weighted by Gasteiger charge is 2.06. The molecule has 1 aromatic carbocycles. The topological polar surface area (TPSA) is 50.4 Å². The largest absolute Gasteiger partial charge is 0.496 e. The van der Waals surface area contributed by atoms with Crippen molar-refractivity contribution in [3.63, 3.8) is 0 Å². The summed E-state index contributed by atoms with van der Waals surface area (Å²) in [6.45, 7) is 5.50. The number of thioether (sulfide) groups is 1. The molecule has 0 heterocycles. The zero-order valence-electron chi connectivity index (χ0n) is 13.4. The third-order valence-electron chi connectivity index (χ3n) is 3.33. The minimum atomic E-state index is 0.104. The fourth-order valence-electron chi connectivity index (χ4n) is 1.87. The number of hydrogen-bond donors (Lipinski definition) is 2. The quantitative estimate of drug-likeness (QED) is 0.544. The molecular formula is C16H26N2O2S. The highest BCUT2D eigenvalue weighted by molar-refractivity contribution is 7.98. The molecule has 2 N–H and O–H groups in total. The number of methoxy groups -OCH3 is 1. The molecule has 0 aliphatic carbocycles. The van der Waals surface area contributed by atoms with E-state index in [-0.39, 0.29) is 11.9 Å². The summed E-state index contributed by atoms with van der Waals surface area (Å²) < 4.78 is 5.36. The van der Waals surface area contributed by atoms with Crippen molar-refractivity contribution in [2.45, 2.75) is 44.2 Å². The van der Waals surface area contributed by atoms with Gasteiger partial charge in [-0.1, -0.05) is 13.0 Å². The molecular weight excluding hydrogens is 284 g/mol. The van der Waals surface area contributed by atoms with Gasteiger partial charge in [-0.15, -0.1) is 11.8 Å². The molecule has 1 rings (SSSR count). The van der Waals surface area contributed by atoms with E-state index < -0.39 is 0 Å². The van der Waals surface area contributed by atoms with Crippen LogP contribution in [-0.2, 0) is 11.3 Å². The van der Waals surface area contributed by atoms with Crippen LogP contribution in [0.2, 0.25) is 0 Å². The molecule has 0 saturated heterocycles. The predicted molar refractivity (Wildman–Crippen MR) is 89.0 cm³/mol. The van der Waals surface area contributed by atoms with Gasteiger partial charge in [0.1, 0.15) is 5.75 Å². The van der Waals surface area contributed by atoms with E-state index in [4.69, 9.17) is 4.74 Å². The van der Waals surface area contributed by atoms with Gasteiger partial charge >= 0.3 is 0 Å². The minimum Gasteiger partial charge on any atom is -0.496 e. The van der Waals surface area contributed by atoms with Crippen LogP contribution < -0.4 is 15.4 Å². The van der Waals surface area contributed by atoms with Gasteiger partial charge in [-0.05, 0) is 37.3 Å². The molecule has 5 heteroatoms. The second-order valence-corrected chi connectivity index (χ2v) is 5.84. The lowest BCUT2D eigenvalue weighted by Gasteiger charge is -2.12. The smallest absolute Gasteiger partial charge is 0.221 e. The van der Waals surface area contributed by atoms with Gasteiger partial charge in [-0.3, -0.25) is 4.79 Å². The van der Waals surface area contributed by atoms with Crippen molar-refractivity contribution < 1.29 is 9.53 Å². The van der Waals surface area contributed by atoms with Gasteiger partial charge in [0.25, 0.3) is 0 Å². The summed E-state index contributed by atoms with van der Waals surface area (Å²) in [5, 5.41) is 6.25. The summed E-state index contributed by atoms with van der Waals surface area (Å²) in [6, 6.07) is 6.44. The molecule has 0 saturated carbocycles. The van der Waals surface area contributed by atoms with Gasteiger partial charge < -0.3 is 15.4 Å². The van der Waals surface area contributed by atoms with E-state index in [9.17, 15) is 4.79 Å². The van der Waals surface area contributed by atoms with Crippen LogP contribution in [0.15, 0.2) is 23.1 Å². The Balaban J connectivity index is 2.34. The van der Waals surface area contributed by atoms with Gasteiger partial charge in [0.15, 0.2) is 0 Å². The average molecular weight is 310 g/mol. The van der Waals surface area contributed by atoms with Gasteiger partial charge in [0.2, 0.25) is 5.91 Å². The van der Waals surface area contributed by atoms with E-state index >= 15 is 0 Å². The maximum Gasteiger partial charge on any atom is 0.221 e. The van der Waals surface area contributed by atoms with Crippen LogP contribution in [-0.4, -0.2) is 31.9 Å². The van der Waals surface area contributed by atoms with Crippen LogP contribution in [0.5, 0.6) is 5.75 Å². The molecule has 1 aromatic rings. The van der Waals surface area contributed by atoms with Crippen LogP contribution in [0.3, 0.4) is 0 Å². The minimum absolute atomic E-state index is 0.104. The number of amides is 1. The third kappa shape index (κ3) is 6.40. The molecule has 0 fully saturated rings. The van der Waals surface area contributed by atoms with Crippen molar-refractivity contribution >= 4 is 17.7 Å². The summed E-state index contributed by atoms with van der Waals surface area (Å²) in [6.07, 6.45) is 3.50. The summed E-state index contributed by atoms with van der Waals surface area (Å²) in [5.41, 5.74) is 1.16. The molecule has 4 nitrogen and oxygen atoms in total. The lowest BCUT2D eigenvalue weighted by molar-refractivity contribution is -0.121. The molecule has 0 radical (unpaired) electrons. The first-order valence-corrected chi connectivity index (χ1v) is 8.54. The zero-order chi connectivity index (χ0) is 15.7. The molecule has 0 spiro atoms. The van der Waals surface area contributed by atoms with E-state index in [1.165, 1.54) is 0 Å². The van der Waals surface area contributed by atoms with E-state index in [2.05, 4.69) is 29.7 Å². The molecule has 0 bridgehead atoms. The Morgan fingerprint density at radius 1 is 1.43 bits per heavy atom. The van der Waals surface area contributed by atoms with Crippen LogP contribution in [0, 0.1) is 0 Å². The first-order valence-electron chi connectivity index (χ1n) is 7.31. The molecule has 0 aliphatic rings. The van der Waals surface area contributed by atoms with Gasteiger partial charge in [0.05, 0.1) is 7.11 Å². The maximum atomic E-state index is 11.6. The fraction of sp³-hybridized carbons (Fsp3) is 0.562. The Bertz CT molecular complexity index is 452. The molecule has 0 aromatic heterocycles. The number of rotatable bonds is 9. The highest BCUT2D eigenvalue weighted by Crippen LogP contribution is 2.28. The number of benzene rings is 1. The lowest BCUT2D eigenvalue weighted by atomic mass is 10.2. The number of ether oxygens (including phenoxy) is 1. The third-order valence-corrected chi connectivity index (χ3v) is 4.10. The number of hydrogen-bond acceptors (Lipinski definition) is 4. The van der Waals surface area contributed by atoms with E-state index in [0.717, 1.165) is 29.2 Å². The van der Waals surface area contributed by atoms with E-state index in [1.807, 2.05) is 19.2 Å². The van der Waals surface area contributed by atoms with Crippen molar-refractivity contribution in [2.24, 2.45) is 0 Å². The normalized spacial score (nSPS) is 12.0. The van der Waals surface area contributed by atoms with Crippen molar-refractivity contribution in [1.82, 2.24) is 10.6 Å². The number of nitrogens with one attached hydrogen (secondary N) is 2. The van der Waals surface area contributed by atoms with Crippen molar-refractivity contribution in [3.8, 4) is 5.75 Å². The van der Waals surface area contributed by atoms with E-state index in [0.29, 0.717) is 13.0 Å². The second kappa shape index (κ2) is 9.68. The Hall–Kier alpha value is -1.20. The van der Waals surface area contributed by atoms with Crippen LogP contribution in [0.1, 0.15) is 32.3 Å². The summed E-state index contributed by atoms with van der Waals surface area (Å²) >= 11 is 1.67. The fourth-order valence-corrected chi connectivity index (χ4v) is 2.42. The maximum absolute atomic E-state index is 11.6.